The Hall–Kier alpha value is -3.26. The van der Waals surface area contributed by atoms with Crippen molar-refractivity contribution in [1.82, 2.24) is 0 Å². The molecule has 0 saturated heterocycles. The molecule has 0 saturated carbocycles. The number of amides is 2. The van der Waals surface area contributed by atoms with E-state index in [1.54, 1.807) is 7.11 Å². The number of ether oxygens (including phenoxy) is 3. The van der Waals surface area contributed by atoms with Gasteiger partial charge in [0.05, 0.1) is 26.3 Å². The molecule has 2 aliphatic heterocycles. The van der Waals surface area contributed by atoms with E-state index in [2.05, 4.69) is 5.32 Å². The van der Waals surface area contributed by atoms with Crippen LogP contribution in [-0.4, -0.2) is 50.3 Å². The monoisotopic (exact) mass is 426 g/mol. The number of fused-ring (bicyclic) bond motifs is 2. The SMILES string of the molecule is COc1c2c(cc3c1[C@H](C(=O)Nc1c(C)cccc1C)[N@+](C)(CC(N)=O)CC3)OCO2. The predicted octanol–water partition coefficient (Wildman–Crippen LogP) is 2.21. The number of anilines is 1. The van der Waals surface area contributed by atoms with Gasteiger partial charge in [-0.05, 0) is 36.6 Å². The van der Waals surface area contributed by atoms with Crippen LogP contribution in [-0.2, 0) is 16.0 Å². The van der Waals surface area contributed by atoms with E-state index in [1.165, 1.54) is 0 Å². The van der Waals surface area contributed by atoms with Crippen molar-refractivity contribution in [3.8, 4) is 17.2 Å². The topological polar surface area (TPSA) is 99.9 Å². The molecule has 0 unspecified atom stereocenters. The Morgan fingerprint density at radius 1 is 1.26 bits per heavy atom. The van der Waals surface area contributed by atoms with Crippen molar-refractivity contribution in [2.45, 2.75) is 26.3 Å². The summed E-state index contributed by atoms with van der Waals surface area (Å²) in [4.78, 5) is 25.8. The number of hydrogen-bond donors (Lipinski definition) is 2. The zero-order chi connectivity index (χ0) is 22.3. The van der Waals surface area contributed by atoms with Crippen LogP contribution >= 0.6 is 0 Å². The summed E-state index contributed by atoms with van der Waals surface area (Å²) in [6, 6.07) is 7.06. The van der Waals surface area contributed by atoms with Crippen molar-refractivity contribution in [2.75, 3.05) is 39.4 Å². The van der Waals surface area contributed by atoms with Crippen LogP contribution in [0.2, 0.25) is 0 Å². The van der Waals surface area contributed by atoms with Crippen molar-refractivity contribution in [2.24, 2.45) is 5.73 Å². The van der Waals surface area contributed by atoms with Gasteiger partial charge < -0.3 is 29.7 Å². The molecule has 3 N–H and O–H groups in total. The van der Waals surface area contributed by atoms with Gasteiger partial charge in [-0.15, -0.1) is 0 Å². The van der Waals surface area contributed by atoms with Crippen molar-refractivity contribution in [1.29, 1.82) is 0 Å². The molecule has 8 nitrogen and oxygen atoms in total. The van der Waals surface area contributed by atoms with Crippen LogP contribution in [0.3, 0.4) is 0 Å². The maximum atomic E-state index is 13.8. The molecule has 164 valence electrons. The first-order chi connectivity index (χ1) is 14.7. The number of likely N-dealkylation sites (N-methyl/N-ethyl adjacent to an activating group) is 1. The second-order valence-corrected chi connectivity index (χ2v) is 8.45. The Morgan fingerprint density at radius 3 is 2.61 bits per heavy atom. The van der Waals surface area contributed by atoms with E-state index in [9.17, 15) is 9.59 Å². The van der Waals surface area contributed by atoms with Crippen molar-refractivity contribution in [3.05, 3.63) is 46.5 Å². The highest BCUT2D eigenvalue weighted by Gasteiger charge is 2.48. The Labute approximate surface area is 181 Å². The van der Waals surface area contributed by atoms with E-state index in [4.69, 9.17) is 19.9 Å². The van der Waals surface area contributed by atoms with Gasteiger partial charge in [-0.2, -0.15) is 0 Å². The first kappa shape index (κ1) is 21.0. The molecule has 31 heavy (non-hydrogen) atoms. The average Bonchev–Trinajstić information content (AvgIpc) is 3.16. The number of quaternary nitrogens is 1. The lowest BCUT2D eigenvalue weighted by Gasteiger charge is -2.44. The molecule has 2 aliphatic rings. The minimum absolute atomic E-state index is 0.0296. The minimum atomic E-state index is -0.709. The van der Waals surface area contributed by atoms with Crippen LogP contribution < -0.4 is 25.3 Å². The molecular weight excluding hydrogens is 398 g/mol. The number of para-hydroxylation sites is 1. The molecular formula is C23H28N3O5+. The summed E-state index contributed by atoms with van der Waals surface area (Å²) in [6.45, 7) is 4.60. The van der Waals surface area contributed by atoms with E-state index >= 15 is 0 Å². The van der Waals surface area contributed by atoms with Gasteiger partial charge in [-0.25, -0.2) is 0 Å². The van der Waals surface area contributed by atoms with Crippen molar-refractivity contribution >= 4 is 17.5 Å². The van der Waals surface area contributed by atoms with Crippen LogP contribution in [0.5, 0.6) is 17.2 Å². The normalized spacial score (nSPS) is 21.4. The first-order valence-corrected chi connectivity index (χ1v) is 10.2. The molecule has 0 spiro atoms. The summed E-state index contributed by atoms with van der Waals surface area (Å²) in [5.41, 5.74) is 9.95. The number of carbonyl (C=O) groups is 2. The fraction of sp³-hybridized carbons (Fsp3) is 0.391. The highest BCUT2D eigenvalue weighted by atomic mass is 16.7. The highest BCUT2D eigenvalue weighted by Crippen LogP contribution is 2.51. The number of nitrogens with two attached hydrogens (primary N) is 1. The Balaban J connectivity index is 1.86. The van der Waals surface area contributed by atoms with E-state index in [-0.39, 0.29) is 23.7 Å². The lowest BCUT2D eigenvalue weighted by molar-refractivity contribution is -0.924. The maximum absolute atomic E-state index is 13.8. The second-order valence-electron chi connectivity index (χ2n) is 8.45. The molecule has 8 heteroatoms. The van der Waals surface area contributed by atoms with Crippen LogP contribution in [0.25, 0.3) is 0 Å². The maximum Gasteiger partial charge on any atom is 0.287 e. The number of aryl methyl sites for hydroxylation is 2. The Bertz CT molecular complexity index is 1050. The van der Waals surface area contributed by atoms with Crippen LogP contribution in [0.4, 0.5) is 5.69 Å². The summed E-state index contributed by atoms with van der Waals surface area (Å²) in [6.07, 6.45) is 0.652. The van der Waals surface area contributed by atoms with Gasteiger partial charge in [0.1, 0.15) is 0 Å². The van der Waals surface area contributed by atoms with Crippen LogP contribution in [0.1, 0.15) is 28.3 Å². The number of benzene rings is 2. The number of nitrogens with zero attached hydrogens (tertiary/aromatic N) is 1. The fourth-order valence-corrected chi connectivity index (χ4v) is 4.75. The van der Waals surface area contributed by atoms with Gasteiger partial charge in [0.25, 0.3) is 11.8 Å². The lowest BCUT2D eigenvalue weighted by Crippen LogP contribution is -2.58. The van der Waals surface area contributed by atoms with Gasteiger partial charge in [0.15, 0.2) is 24.1 Å². The predicted molar refractivity (Wildman–Crippen MR) is 115 cm³/mol. The van der Waals surface area contributed by atoms with E-state index in [1.807, 2.05) is 45.2 Å². The number of rotatable bonds is 5. The summed E-state index contributed by atoms with van der Waals surface area (Å²) >= 11 is 0. The summed E-state index contributed by atoms with van der Waals surface area (Å²) in [5, 5.41) is 3.10. The third-order valence-electron chi connectivity index (χ3n) is 6.23. The third-order valence-corrected chi connectivity index (χ3v) is 6.23. The number of hydrogen-bond acceptors (Lipinski definition) is 5. The second kappa shape index (κ2) is 7.77. The molecule has 2 aromatic carbocycles. The molecule has 2 aromatic rings. The van der Waals surface area contributed by atoms with Crippen molar-refractivity contribution < 1.29 is 28.3 Å². The van der Waals surface area contributed by atoms with Gasteiger partial charge in [0.2, 0.25) is 12.5 Å². The number of carbonyl (C=O) groups excluding carboxylic acids is 2. The summed E-state index contributed by atoms with van der Waals surface area (Å²) < 4.78 is 17.1. The molecule has 4 rings (SSSR count). The van der Waals surface area contributed by atoms with Gasteiger partial charge in [-0.3, -0.25) is 9.59 Å². The molecule has 2 heterocycles. The smallest absolute Gasteiger partial charge is 0.287 e. The number of methoxy groups -OCH3 is 1. The molecule has 2 atom stereocenters. The Kier molecular flexibility index (Phi) is 5.26. The molecule has 0 radical (unpaired) electrons. The average molecular weight is 426 g/mol. The van der Waals surface area contributed by atoms with Gasteiger partial charge >= 0.3 is 0 Å². The Morgan fingerprint density at radius 2 is 1.97 bits per heavy atom. The summed E-state index contributed by atoms with van der Waals surface area (Å²) in [5.74, 6) is 0.879. The van der Waals surface area contributed by atoms with Gasteiger partial charge in [-0.1, -0.05) is 18.2 Å². The minimum Gasteiger partial charge on any atom is -0.492 e. The molecule has 0 aromatic heterocycles. The number of nitrogens with one attached hydrogen (secondary N) is 1. The standard InChI is InChI=1S/C23H27N3O5/c1-13-6-5-7-14(2)19(13)25-23(28)20-18-15(8-9-26(20,3)11-17(24)27)10-16-21(22(18)29-4)31-12-30-16/h5-7,10,20H,8-9,11-12H2,1-4H3,(H2-,24,25,27,28)/p+1/t20-,26+/m1/s1. The van der Waals surface area contributed by atoms with E-state index in [0.717, 1.165) is 22.4 Å². The molecule has 0 fully saturated rings. The first-order valence-electron chi connectivity index (χ1n) is 10.2. The lowest BCUT2D eigenvalue weighted by atomic mass is 9.88. The molecule has 0 bridgehead atoms. The third kappa shape index (κ3) is 3.57. The highest BCUT2D eigenvalue weighted by molar-refractivity contribution is 5.97. The van der Waals surface area contributed by atoms with E-state index in [0.29, 0.717) is 35.8 Å². The zero-order valence-corrected chi connectivity index (χ0v) is 18.3. The van der Waals surface area contributed by atoms with E-state index < -0.39 is 11.9 Å². The summed E-state index contributed by atoms with van der Waals surface area (Å²) in [7, 11) is 3.43. The van der Waals surface area contributed by atoms with Crippen LogP contribution in [0, 0.1) is 13.8 Å². The quantitative estimate of drug-likeness (QED) is 0.714. The molecule has 0 aliphatic carbocycles. The molecule has 2 amide bonds. The van der Waals surface area contributed by atoms with Gasteiger partial charge in [0, 0.05) is 12.1 Å². The zero-order valence-electron chi connectivity index (χ0n) is 18.3. The number of primary amides is 1. The van der Waals surface area contributed by atoms with Crippen LogP contribution in [0.15, 0.2) is 24.3 Å². The largest absolute Gasteiger partial charge is 0.492 e. The fourth-order valence-electron chi connectivity index (χ4n) is 4.75. The van der Waals surface area contributed by atoms with Crippen molar-refractivity contribution in [3.63, 3.8) is 0 Å².